The van der Waals surface area contributed by atoms with Crippen LogP contribution < -0.4 is 10.1 Å². The van der Waals surface area contributed by atoms with Crippen molar-refractivity contribution in [2.75, 3.05) is 13.2 Å². The fraction of sp³-hybridized carbons (Fsp3) is 0.462. The van der Waals surface area contributed by atoms with Crippen LogP contribution in [-0.2, 0) is 16.1 Å². The predicted molar refractivity (Wildman–Crippen MR) is 133 cm³/mol. The van der Waals surface area contributed by atoms with Crippen molar-refractivity contribution in [1.82, 2.24) is 10.2 Å². The van der Waals surface area contributed by atoms with E-state index in [2.05, 4.69) is 21.2 Å². The van der Waals surface area contributed by atoms with Crippen LogP contribution >= 0.6 is 15.9 Å². The topological polar surface area (TPSA) is 58.6 Å². The summed E-state index contributed by atoms with van der Waals surface area (Å²) in [7, 11) is 0. The predicted octanol–water partition coefficient (Wildman–Crippen LogP) is 5.33. The van der Waals surface area contributed by atoms with Crippen molar-refractivity contribution in [1.29, 1.82) is 0 Å². The summed E-state index contributed by atoms with van der Waals surface area (Å²) in [6.07, 6.45) is 0.526. The fourth-order valence-electron chi connectivity index (χ4n) is 3.57. The van der Waals surface area contributed by atoms with Gasteiger partial charge in [0.05, 0.1) is 0 Å². The number of nitrogens with zero attached hydrogens (tertiary/aromatic N) is 1. The fourth-order valence-corrected chi connectivity index (χ4v) is 3.80. The summed E-state index contributed by atoms with van der Waals surface area (Å²) in [5, 5.41) is 2.98. The molecule has 2 aromatic rings. The number of hydrogen-bond donors (Lipinski definition) is 1. The zero-order valence-corrected chi connectivity index (χ0v) is 21.6. The molecule has 2 aromatic carbocycles. The van der Waals surface area contributed by atoms with E-state index in [0.717, 1.165) is 26.7 Å². The minimum Gasteiger partial charge on any atom is -0.484 e. The molecule has 0 bridgehead atoms. The Labute approximate surface area is 200 Å². The number of rotatable bonds is 10. The molecule has 0 fully saturated rings. The van der Waals surface area contributed by atoms with E-state index in [-0.39, 0.29) is 18.4 Å². The molecule has 2 amide bonds. The lowest BCUT2D eigenvalue weighted by Crippen LogP contribution is -2.50. The molecule has 32 heavy (non-hydrogen) atoms. The van der Waals surface area contributed by atoms with Crippen molar-refractivity contribution in [3.05, 3.63) is 63.1 Å². The Morgan fingerprint density at radius 3 is 2.31 bits per heavy atom. The first-order valence-corrected chi connectivity index (χ1v) is 11.9. The average molecular weight is 503 g/mol. The smallest absolute Gasteiger partial charge is 0.261 e. The molecule has 0 aliphatic carbocycles. The number of carbonyl (C=O) groups excluding carboxylic acids is 2. The zero-order valence-electron chi connectivity index (χ0n) is 20.0. The number of amides is 2. The van der Waals surface area contributed by atoms with E-state index in [0.29, 0.717) is 31.2 Å². The molecule has 0 saturated heterocycles. The summed E-state index contributed by atoms with van der Waals surface area (Å²) in [6.45, 7) is 12.8. The number of benzene rings is 2. The van der Waals surface area contributed by atoms with Crippen molar-refractivity contribution in [2.24, 2.45) is 5.92 Å². The monoisotopic (exact) mass is 502 g/mol. The van der Waals surface area contributed by atoms with Gasteiger partial charge in [-0.1, -0.05) is 66.5 Å². The van der Waals surface area contributed by atoms with Crippen LogP contribution in [-0.4, -0.2) is 35.9 Å². The lowest BCUT2D eigenvalue weighted by molar-refractivity contribution is -0.143. The number of ether oxygens (including phenoxy) is 1. The number of nitrogens with one attached hydrogen (secondary N) is 1. The Bertz CT molecular complexity index is 919. The molecule has 1 N–H and O–H groups in total. The molecule has 0 heterocycles. The summed E-state index contributed by atoms with van der Waals surface area (Å²) in [5.74, 6) is 0.641. The standard InChI is InChI=1S/C26H35BrN2O3/c1-7-23(26(31)28-14-17(2)3)29(15-21-10-8-9-18(4)11-21)24(30)16-32-22-12-19(5)25(27)20(6)13-22/h8-13,17,23H,7,14-16H2,1-6H3,(H,28,31). The van der Waals surface area contributed by atoms with Gasteiger partial charge in [0, 0.05) is 17.6 Å². The Balaban J connectivity index is 2.23. The van der Waals surface area contributed by atoms with E-state index in [1.165, 1.54) is 0 Å². The van der Waals surface area contributed by atoms with Crippen molar-refractivity contribution in [2.45, 2.75) is 60.5 Å². The molecule has 174 valence electrons. The van der Waals surface area contributed by atoms with Gasteiger partial charge in [0.1, 0.15) is 11.8 Å². The van der Waals surface area contributed by atoms with Gasteiger partial charge in [-0.3, -0.25) is 9.59 Å². The summed E-state index contributed by atoms with van der Waals surface area (Å²) < 4.78 is 6.89. The lowest BCUT2D eigenvalue weighted by Gasteiger charge is -2.31. The number of halogens is 1. The van der Waals surface area contributed by atoms with Gasteiger partial charge in [-0.05, 0) is 61.9 Å². The molecule has 5 nitrogen and oxygen atoms in total. The van der Waals surface area contributed by atoms with Gasteiger partial charge in [-0.25, -0.2) is 0 Å². The molecule has 0 saturated carbocycles. The van der Waals surface area contributed by atoms with Crippen molar-refractivity contribution >= 4 is 27.7 Å². The minimum absolute atomic E-state index is 0.125. The zero-order chi connectivity index (χ0) is 23.8. The van der Waals surface area contributed by atoms with Gasteiger partial charge in [0.15, 0.2) is 6.61 Å². The lowest BCUT2D eigenvalue weighted by atomic mass is 10.1. The van der Waals surface area contributed by atoms with Crippen LogP contribution in [0.5, 0.6) is 5.75 Å². The molecule has 6 heteroatoms. The molecule has 1 unspecified atom stereocenters. The summed E-state index contributed by atoms with van der Waals surface area (Å²) in [5.41, 5.74) is 4.19. The van der Waals surface area contributed by atoms with Crippen molar-refractivity contribution in [3.8, 4) is 5.75 Å². The molecule has 0 spiro atoms. The maximum Gasteiger partial charge on any atom is 0.261 e. The van der Waals surface area contributed by atoms with E-state index in [1.807, 2.05) is 77.9 Å². The molecule has 0 aliphatic heterocycles. The highest BCUT2D eigenvalue weighted by atomic mass is 79.9. The number of carbonyl (C=O) groups is 2. The molecule has 0 radical (unpaired) electrons. The van der Waals surface area contributed by atoms with Crippen LogP contribution in [0.2, 0.25) is 0 Å². The third-order valence-corrected chi connectivity index (χ3v) is 6.53. The summed E-state index contributed by atoms with van der Waals surface area (Å²) >= 11 is 3.55. The third-order valence-electron chi connectivity index (χ3n) is 5.28. The van der Waals surface area contributed by atoms with Crippen LogP contribution in [0.15, 0.2) is 40.9 Å². The Morgan fingerprint density at radius 2 is 1.75 bits per heavy atom. The van der Waals surface area contributed by atoms with Crippen LogP contribution in [0.1, 0.15) is 49.4 Å². The number of aryl methyl sites for hydroxylation is 3. The normalized spacial score (nSPS) is 11.9. The van der Waals surface area contributed by atoms with Gasteiger partial charge in [-0.15, -0.1) is 0 Å². The first-order chi connectivity index (χ1) is 15.1. The highest BCUT2D eigenvalue weighted by molar-refractivity contribution is 9.10. The maximum atomic E-state index is 13.3. The first-order valence-electron chi connectivity index (χ1n) is 11.1. The maximum absolute atomic E-state index is 13.3. The van der Waals surface area contributed by atoms with Crippen LogP contribution in [0.4, 0.5) is 0 Å². The van der Waals surface area contributed by atoms with Gasteiger partial charge in [-0.2, -0.15) is 0 Å². The van der Waals surface area contributed by atoms with E-state index >= 15 is 0 Å². The van der Waals surface area contributed by atoms with Gasteiger partial charge in [0.25, 0.3) is 5.91 Å². The van der Waals surface area contributed by atoms with Gasteiger partial charge < -0.3 is 15.0 Å². The van der Waals surface area contributed by atoms with Crippen LogP contribution in [0.25, 0.3) is 0 Å². The minimum atomic E-state index is -0.557. The Morgan fingerprint density at radius 1 is 1.09 bits per heavy atom. The second-order valence-electron chi connectivity index (χ2n) is 8.73. The number of hydrogen-bond acceptors (Lipinski definition) is 3. The molecule has 0 aliphatic rings. The van der Waals surface area contributed by atoms with E-state index in [1.54, 1.807) is 4.90 Å². The summed E-state index contributed by atoms with van der Waals surface area (Å²) in [6, 6.07) is 11.3. The van der Waals surface area contributed by atoms with E-state index < -0.39 is 6.04 Å². The highest BCUT2D eigenvalue weighted by Gasteiger charge is 2.29. The van der Waals surface area contributed by atoms with E-state index in [9.17, 15) is 9.59 Å². The summed E-state index contributed by atoms with van der Waals surface area (Å²) in [4.78, 5) is 27.9. The second-order valence-corrected chi connectivity index (χ2v) is 9.53. The Kier molecular flexibility index (Phi) is 9.76. The molecule has 1 atom stereocenters. The molecule has 0 aromatic heterocycles. The highest BCUT2D eigenvalue weighted by Crippen LogP contribution is 2.26. The van der Waals surface area contributed by atoms with Gasteiger partial charge >= 0.3 is 0 Å². The SMILES string of the molecule is CCC(C(=O)NCC(C)C)N(Cc1cccc(C)c1)C(=O)COc1cc(C)c(Br)c(C)c1. The largest absolute Gasteiger partial charge is 0.484 e. The third kappa shape index (κ3) is 7.37. The van der Waals surface area contributed by atoms with Crippen LogP contribution in [0, 0.1) is 26.7 Å². The molecular formula is C26H35BrN2O3. The second kappa shape index (κ2) is 12.0. The molecule has 2 rings (SSSR count). The average Bonchev–Trinajstić information content (AvgIpc) is 2.74. The van der Waals surface area contributed by atoms with Gasteiger partial charge in [0.2, 0.25) is 5.91 Å². The van der Waals surface area contributed by atoms with Crippen molar-refractivity contribution < 1.29 is 14.3 Å². The van der Waals surface area contributed by atoms with E-state index in [4.69, 9.17) is 4.74 Å². The molecular weight excluding hydrogens is 468 g/mol. The Hall–Kier alpha value is -2.34. The quantitative estimate of drug-likeness (QED) is 0.477. The van der Waals surface area contributed by atoms with Crippen molar-refractivity contribution in [3.63, 3.8) is 0 Å². The van der Waals surface area contributed by atoms with Crippen LogP contribution in [0.3, 0.4) is 0 Å². The first kappa shape index (κ1) is 25.9.